The molecule has 68 heavy (non-hydrogen) atoms. The standard InChI is InChI=1S/C58H102NO8P/c1-6-8-10-12-14-16-18-20-22-24-26-28-29-31-33-35-37-39-41-43-45-47-49-51-58(61)67-56(55-66-68(62,63)65-53-52-59(3,4)5)54-64-57(60)50-48-46-44-42-40-38-36-34-32-30-27-25-23-21-19-17-15-13-11-9-7-2/h8,10,14,16,19-22,25-28,31,33,56H,6-7,9,11-13,15,17-18,23-24,29-30,32,34-55H2,1-5H3/p+1/b10-8-,16-14-,21-19-,22-20-,27-25-,28-26-,33-31-. The van der Waals surface area contributed by atoms with Crippen molar-refractivity contribution >= 4 is 19.8 Å². The molecule has 0 aliphatic heterocycles. The van der Waals surface area contributed by atoms with E-state index in [1.807, 2.05) is 21.1 Å². The molecule has 0 heterocycles. The smallest absolute Gasteiger partial charge is 0.462 e. The third-order valence-corrected chi connectivity index (χ3v) is 12.4. The van der Waals surface area contributed by atoms with Gasteiger partial charge in [-0.25, -0.2) is 4.57 Å². The van der Waals surface area contributed by atoms with Gasteiger partial charge in [0, 0.05) is 12.8 Å². The van der Waals surface area contributed by atoms with E-state index in [0.717, 1.165) is 83.5 Å². The van der Waals surface area contributed by atoms with Gasteiger partial charge in [0.2, 0.25) is 0 Å². The van der Waals surface area contributed by atoms with Gasteiger partial charge >= 0.3 is 19.8 Å². The number of phosphoric ester groups is 1. The zero-order valence-electron chi connectivity index (χ0n) is 44.3. The maximum atomic E-state index is 12.8. The second-order valence-corrected chi connectivity index (χ2v) is 20.7. The van der Waals surface area contributed by atoms with Crippen LogP contribution in [0.25, 0.3) is 0 Å². The highest BCUT2D eigenvalue weighted by molar-refractivity contribution is 7.47. The van der Waals surface area contributed by atoms with Crippen LogP contribution in [0, 0.1) is 0 Å². The third kappa shape index (κ3) is 52.6. The fourth-order valence-electron chi connectivity index (χ4n) is 7.19. The van der Waals surface area contributed by atoms with Crippen molar-refractivity contribution in [1.29, 1.82) is 0 Å². The molecule has 2 unspecified atom stereocenters. The highest BCUT2D eigenvalue weighted by Gasteiger charge is 2.27. The number of rotatable bonds is 49. The van der Waals surface area contributed by atoms with E-state index in [0.29, 0.717) is 17.4 Å². The van der Waals surface area contributed by atoms with Crippen LogP contribution in [0.2, 0.25) is 0 Å². The molecular weight excluding hydrogens is 870 g/mol. The highest BCUT2D eigenvalue weighted by Crippen LogP contribution is 2.43. The van der Waals surface area contributed by atoms with Crippen LogP contribution >= 0.6 is 7.82 Å². The zero-order valence-corrected chi connectivity index (χ0v) is 45.2. The highest BCUT2D eigenvalue weighted by atomic mass is 31.2. The van der Waals surface area contributed by atoms with E-state index < -0.39 is 26.5 Å². The second kappa shape index (κ2) is 49.2. The summed E-state index contributed by atoms with van der Waals surface area (Å²) in [5, 5.41) is 0. The Hall–Kier alpha value is -2.81. The molecule has 0 rings (SSSR count). The van der Waals surface area contributed by atoms with Crippen molar-refractivity contribution < 1.29 is 42.1 Å². The topological polar surface area (TPSA) is 108 Å². The lowest BCUT2D eigenvalue weighted by Gasteiger charge is -2.24. The minimum Gasteiger partial charge on any atom is -0.462 e. The summed E-state index contributed by atoms with van der Waals surface area (Å²) in [4.78, 5) is 35.6. The van der Waals surface area contributed by atoms with Gasteiger partial charge in [0.1, 0.15) is 19.8 Å². The molecule has 0 bridgehead atoms. The molecule has 1 N–H and O–H groups in total. The van der Waals surface area contributed by atoms with Gasteiger partial charge in [0.15, 0.2) is 6.10 Å². The maximum Gasteiger partial charge on any atom is 0.472 e. The largest absolute Gasteiger partial charge is 0.472 e. The van der Waals surface area contributed by atoms with Gasteiger partial charge in [-0.15, -0.1) is 0 Å². The SMILES string of the molecule is CC/C=C\C/C=C\C/C=C\C/C=C\C/C=C\CCCCCCCCCC(=O)OC(COC(=O)CCCCCCCCCCC/C=C\C/C=C\CCCCCCC)COP(=O)(O)OCC[N+](C)(C)C. The van der Waals surface area contributed by atoms with E-state index in [1.165, 1.54) is 103 Å². The van der Waals surface area contributed by atoms with E-state index >= 15 is 0 Å². The van der Waals surface area contributed by atoms with E-state index in [1.54, 1.807) is 0 Å². The molecule has 0 spiro atoms. The van der Waals surface area contributed by atoms with E-state index in [-0.39, 0.29) is 32.0 Å². The van der Waals surface area contributed by atoms with Crippen LogP contribution < -0.4 is 0 Å². The molecule has 0 saturated heterocycles. The van der Waals surface area contributed by atoms with Crippen LogP contribution in [-0.4, -0.2) is 74.9 Å². The quantitative estimate of drug-likeness (QED) is 0.0211. The van der Waals surface area contributed by atoms with Crippen molar-refractivity contribution in [1.82, 2.24) is 0 Å². The number of carbonyl (C=O) groups excluding carboxylic acids is 2. The second-order valence-electron chi connectivity index (χ2n) is 19.2. The zero-order chi connectivity index (χ0) is 49.9. The molecule has 10 heteroatoms. The first-order chi connectivity index (χ1) is 33.0. The lowest BCUT2D eigenvalue weighted by Crippen LogP contribution is -2.37. The minimum atomic E-state index is -4.39. The first-order valence-corrected chi connectivity index (χ1v) is 28.8. The van der Waals surface area contributed by atoms with E-state index in [9.17, 15) is 19.0 Å². The van der Waals surface area contributed by atoms with Crippen LogP contribution in [-0.2, 0) is 32.7 Å². The average molecular weight is 973 g/mol. The molecule has 0 saturated carbocycles. The molecule has 2 atom stereocenters. The van der Waals surface area contributed by atoms with Gasteiger partial charge < -0.3 is 18.9 Å². The fourth-order valence-corrected chi connectivity index (χ4v) is 7.93. The van der Waals surface area contributed by atoms with Crippen LogP contribution in [0.15, 0.2) is 85.1 Å². The predicted molar refractivity (Wildman–Crippen MR) is 289 cm³/mol. The number of esters is 2. The first-order valence-electron chi connectivity index (χ1n) is 27.3. The number of hydrogen-bond acceptors (Lipinski definition) is 7. The number of allylic oxidation sites excluding steroid dienone is 14. The van der Waals surface area contributed by atoms with E-state index in [2.05, 4.69) is 98.9 Å². The number of unbranched alkanes of at least 4 members (excludes halogenated alkanes) is 21. The van der Waals surface area contributed by atoms with Crippen LogP contribution in [0.5, 0.6) is 0 Å². The van der Waals surface area contributed by atoms with Crippen LogP contribution in [0.1, 0.15) is 219 Å². The van der Waals surface area contributed by atoms with Gasteiger partial charge in [0.05, 0.1) is 27.7 Å². The van der Waals surface area contributed by atoms with Crippen molar-refractivity contribution in [2.75, 3.05) is 47.5 Å². The Bertz CT molecular complexity index is 1420. The molecule has 9 nitrogen and oxygen atoms in total. The molecule has 0 aliphatic rings. The molecule has 0 aliphatic carbocycles. The van der Waals surface area contributed by atoms with Crippen molar-refractivity contribution in [3.8, 4) is 0 Å². The summed E-state index contributed by atoms with van der Waals surface area (Å²) in [6, 6.07) is 0. The summed E-state index contributed by atoms with van der Waals surface area (Å²) < 4.78 is 34.5. The lowest BCUT2D eigenvalue weighted by molar-refractivity contribution is -0.870. The van der Waals surface area contributed by atoms with Gasteiger partial charge in [0.25, 0.3) is 0 Å². The number of likely N-dealkylation sites (N-methyl/N-ethyl adjacent to an activating group) is 1. The number of hydrogen-bond donors (Lipinski definition) is 1. The van der Waals surface area contributed by atoms with E-state index in [4.69, 9.17) is 18.5 Å². The lowest BCUT2D eigenvalue weighted by atomic mass is 10.1. The normalized spacial score (nSPS) is 14.0. The molecule has 0 aromatic heterocycles. The molecular formula is C58H103NO8P+. The first kappa shape index (κ1) is 65.2. The predicted octanol–water partition coefficient (Wildman–Crippen LogP) is 16.7. The maximum absolute atomic E-state index is 12.8. The fraction of sp³-hybridized carbons (Fsp3) is 0.724. The molecule has 0 aromatic rings. The number of phosphoric acid groups is 1. The van der Waals surface area contributed by atoms with Gasteiger partial charge in [-0.2, -0.15) is 0 Å². The number of carbonyl (C=O) groups is 2. The monoisotopic (exact) mass is 973 g/mol. The summed E-state index contributed by atoms with van der Waals surface area (Å²) >= 11 is 0. The molecule has 0 amide bonds. The Kier molecular flexibility index (Phi) is 47.2. The van der Waals surface area contributed by atoms with Crippen molar-refractivity contribution in [2.24, 2.45) is 0 Å². The summed E-state index contributed by atoms with van der Waals surface area (Å²) in [7, 11) is 1.46. The Morgan fingerprint density at radius 2 is 0.838 bits per heavy atom. The van der Waals surface area contributed by atoms with Crippen LogP contribution in [0.3, 0.4) is 0 Å². The van der Waals surface area contributed by atoms with Crippen molar-refractivity contribution in [3.05, 3.63) is 85.1 Å². The van der Waals surface area contributed by atoms with Gasteiger partial charge in [-0.1, -0.05) is 202 Å². The Morgan fingerprint density at radius 1 is 0.471 bits per heavy atom. The Balaban J connectivity index is 4.27. The number of ether oxygens (including phenoxy) is 2. The summed E-state index contributed by atoms with van der Waals surface area (Å²) in [5.74, 6) is -0.817. The summed E-state index contributed by atoms with van der Waals surface area (Å²) in [6.45, 7) is 4.29. The Labute approximate surface area is 418 Å². The average Bonchev–Trinajstić information content (AvgIpc) is 3.30. The summed E-state index contributed by atoms with van der Waals surface area (Å²) in [5.41, 5.74) is 0. The number of quaternary nitrogens is 1. The Morgan fingerprint density at radius 3 is 1.25 bits per heavy atom. The van der Waals surface area contributed by atoms with Gasteiger partial charge in [-0.05, 0) is 89.9 Å². The van der Waals surface area contributed by atoms with Crippen molar-refractivity contribution in [2.45, 2.75) is 225 Å². The third-order valence-electron chi connectivity index (χ3n) is 11.4. The van der Waals surface area contributed by atoms with Crippen LogP contribution in [0.4, 0.5) is 0 Å². The number of nitrogens with zero attached hydrogens (tertiary/aromatic N) is 1. The molecule has 392 valence electrons. The van der Waals surface area contributed by atoms with Gasteiger partial charge in [-0.3, -0.25) is 18.6 Å². The molecule has 0 fully saturated rings. The molecule has 0 radical (unpaired) electrons. The van der Waals surface area contributed by atoms with Crippen molar-refractivity contribution in [3.63, 3.8) is 0 Å². The summed E-state index contributed by atoms with van der Waals surface area (Å²) in [6.07, 6.45) is 64.9. The minimum absolute atomic E-state index is 0.0245. The molecule has 0 aromatic carbocycles.